The summed E-state index contributed by atoms with van der Waals surface area (Å²) >= 11 is 3.54. The van der Waals surface area contributed by atoms with Crippen molar-refractivity contribution in [1.29, 1.82) is 0 Å². The third-order valence-corrected chi connectivity index (χ3v) is 3.76. The predicted molar refractivity (Wildman–Crippen MR) is 81.3 cm³/mol. The van der Waals surface area contributed by atoms with Gasteiger partial charge in [0.05, 0.1) is 13.0 Å². The number of carbonyl (C=O) groups excluding carboxylic acids is 1. The van der Waals surface area contributed by atoms with E-state index in [4.69, 9.17) is 4.74 Å². The van der Waals surface area contributed by atoms with Gasteiger partial charge in [0, 0.05) is 22.1 Å². The molecule has 1 unspecified atom stereocenters. The highest BCUT2D eigenvalue weighted by atomic mass is 79.9. The molecule has 0 aliphatic heterocycles. The van der Waals surface area contributed by atoms with Crippen molar-refractivity contribution in [3.05, 3.63) is 40.9 Å². The second-order valence-corrected chi connectivity index (χ2v) is 5.30. The van der Waals surface area contributed by atoms with Crippen molar-refractivity contribution in [2.24, 2.45) is 5.92 Å². The van der Waals surface area contributed by atoms with Gasteiger partial charge >= 0.3 is 5.97 Å². The fourth-order valence-corrected chi connectivity index (χ4v) is 2.44. The number of rotatable bonds is 4. The van der Waals surface area contributed by atoms with Gasteiger partial charge in [0.15, 0.2) is 0 Å². The fourth-order valence-electron chi connectivity index (χ4n) is 1.96. The molecule has 0 amide bonds. The van der Waals surface area contributed by atoms with Crippen LogP contribution < -0.4 is 5.32 Å². The number of fused-ring (bicyclic) bond motifs is 1. The quantitative estimate of drug-likeness (QED) is 0.870. The fraction of sp³-hybridized carbons (Fsp3) is 0.267. The first-order valence-corrected chi connectivity index (χ1v) is 6.91. The molecule has 0 heterocycles. The van der Waals surface area contributed by atoms with E-state index >= 15 is 0 Å². The Morgan fingerprint density at radius 2 is 1.95 bits per heavy atom. The molecule has 1 N–H and O–H groups in total. The van der Waals surface area contributed by atoms with E-state index in [-0.39, 0.29) is 11.9 Å². The van der Waals surface area contributed by atoms with Gasteiger partial charge in [-0.15, -0.1) is 0 Å². The van der Waals surface area contributed by atoms with Crippen molar-refractivity contribution in [2.45, 2.75) is 6.92 Å². The number of nitrogens with one attached hydrogen (secondary N) is 1. The Kier molecular flexibility index (Phi) is 4.43. The second kappa shape index (κ2) is 6.06. The van der Waals surface area contributed by atoms with Crippen LogP contribution in [0.2, 0.25) is 0 Å². The van der Waals surface area contributed by atoms with E-state index in [0.717, 1.165) is 20.9 Å². The van der Waals surface area contributed by atoms with Gasteiger partial charge in [-0.1, -0.05) is 47.1 Å². The van der Waals surface area contributed by atoms with E-state index in [1.54, 1.807) is 0 Å². The molecule has 19 heavy (non-hydrogen) atoms. The van der Waals surface area contributed by atoms with Gasteiger partial charge < -0.3 is 10.1 Å². The van der Waals surface area contributed by atoms with Crippen LogP contribution in [-0.4, -0.2) is 19.6 Å². The molecule has 0 aromatic heterocycles. The molecular weight excluding hydrogens is 306 g/mol. The largest absolute Gasteiger partial charge is 0.469 e. The van der Waals surface area contributed by atoms with E-state index in [0.29, 0.717) is 6.54 Å². The summed E-state index contributed by atoms with van der Waals surface area (Å²) in [6.07, 6.45) is 0. The molecule has 4 heteroatoms. The van der Waals surface area contributed by atoms with E-state index < -0.39 is 0 Å². The summed E-state index contributed by atoms with van der Waals surface area (Å²) in [7, 11) is 1.41. The Hall–Kier alpha value is -1.55. The number of hydrogen-bond acceptors (Lipinski definition) is 3. The average Bonchev–Trinajstić information content (AvgIpc) is 2.45. The van der Waals surface area contributed by atoms with Crippen molar-refractivity contribution in [3.8, 4) is 0 Å². The van der Waals surface area contributed by atoms with Crippen LogP contribution in [0.15, 0.2) is 40.9 Å². The molecule has 100 valence electrons. The molecular formula is C15H16BrNO2. The van der Waals surface area contributed by atoms with Gasteiger partial charge in [-0.2, -0.15) is 0 Å². The Morgan fingerprint density at radius 1 is 1.26 bits per heavy atom. The molecule has 0 aliphatic rings. The summed E-state index contributed by atoms with van der Waals surface area (Å²) in [5.74, 6) is -0.374. The van der Waals surface area contributed by atoms with Gasteiger partial charge in [0.1, 0.15) is 0 Å². The standard InChI is InChI=1S/C15H16BrNO2/c1-10(15(18)19-2)9-17-14-8-7-13(16)11-5-3-4-6-12(11)14/h3-8,10,17H,9H2,1-2H3. The molecule has 3 nitrogen and oxygen atoms in total. The summed E-state index contributed by atoms with van der Waals surface area (Å²) in [5.41, 5.74) is 1.02. The zero-order valence-corrected chi connectivity index (χ0v) is 12.5. The monoisotopic (exact) mass is 321 g/mol. The summed E-state index contributed by atoms with van der Waals surface area (Å²) in [4.78, 5) is 11.4. The molecule has 2 aromatic carbocycles. The molecule has 1 atom stereocenters. The van der Waals surface area contributed by atoms with Gasteiger partial charge in [-0.3, -0.25) is 4.79 Å². The van der Waals surface area contributed by atoms with Gasteiger partial charge in [-0.25, -0.2) is 0 Å². The molecule has 2 aromatic rings. The lowest BCUT2D eigenvalue weighted by Crippen LogP contribution is -2.21. The number of esters is 1. The van der Waals surface area contributed by atoms with Crippen molar-refractivity contribution in [2.75, 3.05) is 19.0 Å². The lowest BCUT2D eigenvalue weighted by atomic mass is 10.1. The highest BCUT2D eigenvalue weighted by Crippen LogP contribution is 2.29. The second-order valence-electron chi connectivity index (χ2n) is 4.45. The number of halogens is 1. The Labute approximate surface area is 121 Å². The maximum atomic E-state index is 11.4. The van der Waals surface area contributed by atoms with Crippen molar-refractivity contribution < 1.29 is 9.53 Å². The smallest absolute Gasteiger partial charge is 0.310 e. The van der Waals surface area contributed by atoms with Crippen LogP contribution >= 0.6 is 15.9 Å². The van der Waals surface area contributed by atoms with Crippen LogP contribution in [0.1, 0.15) is 6.92 Å². The van der Waals surface area contributed by atoms with E-state index in [1.807, 2.05) is 31.2 Å². The van der Waals surface area contributed by atoms with Gasteiger partial charge in [-0.05, 0) is 17.5 Å². The Balaban J connectivity index is 2.22. The molecule has 0 bridgehead atoms. The SMILES string of the molecule is COC(=O)C(C)CNc1ccc(Br)c2ccccc12. The minimum absolute atomic E-state index is 0.174. The lowest BCUT2D eigenvalue weighted by molar-refractivity contribution is -0.144. The number of benzene rings is 2. The number of hydrogen-bond donors (Lipinski definition) is 1. The van der Waals surface area contributed by atoms with Crippen molar-refractivity contribution >= 4 is 38.4 Å². The van der Waals surface area contributed by atoms with Crippen LogP contribution in [-0.2, 0) is 9.53 Å². The number of methoxy groups -OCH3 is 1. The highest BCUT2D eigenvalue weighted by Gasteiger charge is 2.13. The minimum atomic E-state index is -0.200. The first kappa shape index (κ1) is 13.9. The van der Waals surface area contributed by atoms with Crippen LogP contribution in [0.3, 0.4) is 0 Å². The van der Waals surface area contributed by atoms with Crippen molar-refractivity contribution in [1.82, 2.24) is 0 Å². The zero-order chi connectivity index (χ0) is 13.8. The van der Waals surface area contributed by atoms with Crippen LogP contribution in [0, 0.1) is 5.92 Å². The van der Waals surface area contributed by atoms with E-state index in [9.17, 15) is 4.79 Å². The lowest BCUT2D eigenvalue weighted by Gasteiger charge is -2.14. The molecule has 0 saturated heterocycles. The molecule has 0 saturated carbocycles. The van der Waals surface area contributed by atoms with E-state index in [2.05, 4.69) is 33.4 Å². The molecule has 0 radical (unpaired) electrons. The van der Waals surface area contributed by atoms with Crippen LogP contribution in [0.25, 0.3) is 10.8 Å². The molecule has 2 rings (SSSR count). The summed E-state index contributed by atoms with van der Waals surface area (Å²) in [6.45, 7) is 2.40. The predicted octanol–water partition coefficient (Wildman–Crippen LogP) is 3.82. The molecule has 0 spiro atoms. The number of carbonyl (C=O) groups is 1. The first-order valence-electron chi connectivity index (χ1n) is 6.12. The molecule has 0 aliphatic carbocycles. The summed E-state index contributed by atoms with van der Waals surface area (Å²) in [6, 6.07) is 12.2. The summed E-state index contributed by atoms with van der Waals surface area (Å²) in [5, 5.41) is 5.59. The van der Waals surface area contributed by atoms with Crippen LogP contribution in [0.5, 0.6) is 0 Å². The van der Waals surface area contributed by atoms with Crippen molar-refractivity contribution in [3.63, 3.8) is 0 Å². The topological polar surface area (TPSA) is 38.3 Å². The highest BCUT2D eigenvalue weighted by molar-refractivity contribution is 9.10. The number of ether oxygens (including phenoxy) is 1. The normalized spacial score (nSPS) is 12.2. The van der Waals surface area contributed by atoms with Gasteiger partial charge in [0.25, 0.3) is 0 Å². The number of anilines is 1. The maximum absolute atomic E-state index is 11.4. The average molecular weight is 322 g/mol. The Bertz CT molecular complexity index is 598. The zero-order valence-electron chi connectivity index (χ0n) is 10.9. The first-order chi connectivity index (χ1) is 9.13. The minimum Gasteiger partial charge on any atom is -0.469 e. The molecule has 0 fully saturated rings. The van der Waals surface area contributed by atoms with E-state index in [1.165, 1.54) is 7.11 Å². The third kappa shape index (κ3) is 3.07. The maximum Gasteiger partial charge on any atom is 0.310 e. The van der Waals surface area contributed by atoms with Gasteiger partial charge in [0.2, 0.25) is 0 Å². The Morgan fingerprint density at radius 3 is 2.63 bits per heavy atom. The third-order valence-electron chi connectivity index (χ3n) is 3.07. The summed E-state index contributed by atoms with van der Waals surface area (Å²) < 4.78 is 5.79. The van der Waals surface area contributed by atoms with Crippen LogP contribution in [0.4, 0.5) is 5.69 Å².